The van der Waals surface area contributed by atoms with E-state index in [1.807, 2.05) is 13.0 Å². The number of aromatic nitrogens is 3. The van der Waals surface area contributed by atoms with Gasteiger partial charge in [-0.25, -0.2) is 15.0 Å². The van der Waals surface area contributed by atoms with Gasteiger partial charge in [-0.3, -0.25) is 10.1 Å². The standard InChI is InChI=1S/C17H15N5O2S/c1-10-15(25-16(19-10)11-5-6-11)14-7-8-18-17(21-14)20-12-3-2-4-13(9-12)22(23)24/h2-4,7-9,11H,5-6H2,1H3,(H,18,20,21). The third-order valence-electron chi connectivity index (χ3n) is 3.94. The van der Waals surface area contributed by atoms with Gasteiger partial charge in [0.25, 0.3) is 5.69 Å². The summed E-state index contributed by atoms with van der Waals surface area (Å²) in [5, 5.41) is 15.1. The van der Waals surface area contributed by atoms with Crippen molar-refractivity contribution in [3.8, 4) is 10.6 Å². The van der Waals surface area contributed by atoms with Crippen LogP contribution in [0.25, 0.3) is 10.6 Å². The van der Waals surface area contributed by atoms with E-state index < -0.39 is 4.92 Å². The normalized spacial score (nSPS) is 13.6. The van der Waals surface area contributed by atoms with E-state index in [4.69, 9.17) is 0 Å². The molecule has 0 radical (unpaired) electrons. The highest BCUT2D eigenvalue weighted by atomic mass is 32.1. The van der Waals surface area contributed by atoms with Crippen LogP contribution in [0.1, 0.15) is 29.5 Å². The highest BCUT2D eigenvalue weighted by molar-refractivity contribution is 7.15. The molecule has 8 heteroatoms. The summed E-state index contributed by atoms with van der Waals surface area (Å²) in [5.74, 6) is 1.01. The Kier molecular flexibility index (Phi) is 3.89. The molecule has 2 heterocycles. The number of aryl methyl sites for hydroxylation is 1. The van der Waals surface area contributed by atoms with E-state index >= 15 is 0 Å². The SMILES string of the molecule is Cc1nc(C2CC2)sc1-c1ccnc(Nc2cccc([N+](=O)[O-])c2)n1. The Balaban J connectivity index is 1.61. The second-order valence-corrected chi connectivity index (χ2v) is 6.97. The van der Waals surface area contributed by atoms with Crippen molar-refractivity contribution in [1.29, 1.82) is 0 Å². The van der Waals surface area contributed by atoms with Crippen LogP contribution < -0.4 is 5.32 Å². The average Bonchev–Trinajstić information content (AvgIpc) is 3.38. The van der Waals surface area contributed by atoms with Gasteiger partial charge in [-0.2, -0.15) is 0 Å². The fraction of sp³-hybridized carbons (Fsp3) is 0.235. The molecule has 25 heavy (non-hydrogen) atoms. The first-order chi connectivity index (χ1) is 12.1. The number of hydrogen-bond donors (Lipinski definition) is 1. The number of thiazole rings is 1. The maximum absolute atomic E-state index is 10.9. The molecule has 0 unspecified atom stereocenters. The van der Waals surface area contributed by atoms with Crippen molar-refractivity contribution >= 4 is 28.7 Å². The van der Waals surface area contributed by atoms with Crippen LogP contribution in [0.4, 0.5) is 17.3 Å². The number of nitro benzene ring substituents is 1. The van der Waals surface area contributed by atoms with Gasteiger partial charge in [0.2, 0.25) is 5.95 Å². The fourth-order valence-corrected chi connectivity index (χ4v) is 3.74. The van der Waals surface area contributed by atoms with Crippen molar-refractivity contribution in [1.82, 2.24) is 15.0 Å². The molecule has 1 aliphatic rings. The summed E-state index contributed by atoms with van der Waals surface area (Å²) in [4.78, 5) is 24.9. The minimum absolute atomic E-state index is 0.0218. The molecule has 3 aromatic rings. The summed E-state index contributed by atoms with van der Waals surface area (Å²) >= 11 is 1.69. The third-order valence-corrected chi connectivity index (χ3v) is 5.28. The van der Waals surface area contributed by atoms with Gasteiger partial charge in [0.1, 0.15) is 0 Å². The van der Waals surface area contributed by atoms with Crippen LogP contribution in [0.2, 0.25) is 0 Å². The summed E-state index contributed by atoms with van der Waals surface area (Å²) in [6.45, 7) is 1.99. The van der Waals surface area contributed by atoms with Gasteiger partial charge in [0.15, 0.2) is 0 Å². The van der Waals surface area contributed by atoms with Crippen LogP contribution in [0, 0.1) is 17.0 Å². The Morgan fingerprint density at radius 2 is 2.12 bits per heavy atom. The van der Waals surface area contributed by atoms with Crippen LogP contribution in [0.5, 0.6) is 0 Å². The van der Waals surface area contributed by atoms with Crippen LogP contribution in [0.15, 0.2) is 36.5 Å². The van der Waals surface area contributed by atoms with Gasteiger partial charge >= 0.3 is 0 Å². The van der Waals surface area contributed by atoms with Gasteiger partial charge in [-0.15, -0.1) is 11.3 Å². The predicted octanol–water partition coefficient (Wildman–Crippen LogP) is 4.44. The molecule has 0 bridgehead atoms. The Bertz CT molecular complexity index is 952. The lowest BCUT2D eigenvalue weighted by Crippen LogP contribution is -1.98. The van der Waals surface area contributed by atoms with Gasteiger partial charge in [0, 0.05) is 29.9 Å². The summed E-state index contributed by atoms with van der Waals surface area (Å²) in [7, 11) is 0. The highest BCUT2D eigenvalue weighted by Crippen LogP contribution is 2.44. The number of rotatable bonds is 5. The van der Waals surface area contributed by atoms with Crippen molar-refractivity contribution in [2.24, 2.45) is 0 Å². The molecule has 0 amide bonds. The molecule has 1 aliphatic carbocycles. The van der Waals surface area contributed by atoms with Gasteiger partial charge in [-0.05, 0) is 31.9 Å². The number of benzene rings is 1. The van der Waals surface area contributed by atoms with E-state index in [-0.39, 0.29) is 5.69 Å². The average molecular weight is 353 g/mol. The second kappa shape index (κ2) is 6.21. The lowest BCUT2D eigenvalue weighted by atomic mass is 10.3. The first-order valence-corrected chi connectivity index (χ1v) is 8.74. The molecular weight excluding hydrogens is 338 g/mol. The minimum Gasteiger partial charge on any atom is -0.324 e. The van der Waals surface area contributed by atoms with Crippen LogP contribution in [0.3, 0.4) is 0 Å². The van der Waals surface area contributed by atoms with E-state index in [0.717, 1.165) is 16.3 Å². The second-order valence-electron chi connectivity index (χ2n) is 5.94. The summed E-state index contributed by atoms with van der Waals surface area (Å²) in [5.41, 5.74) is 2.39. The molecule has 0 spiro atoms. The monoisotopic (exact) mass is 353 g/mol. The molecule has 4 rings (SSSR count). The van der Waals surface area contributed by atoms with E-state index in [9.17, 15) is 10.1 Å². The lowest BCUT2D eigenvalue weighted by Gasteiger charge is -2.06. The van der Waals surface area contributed by atoms with Gasteiger partial charge < -0.3 is 5.32 Å². The number of nitrogens with one attached hydrogen (secondary N) is 1. The third kappa shape index (κ3) is 3.34. The molecule has 1 saturated carbocycles. The molecule has 1 fully saturated rings. The van der Waals surface area contributed by atoms with Crippen LogP contribution in [-0.4, -0.2) is 19.9 Å². The van der Waals surface area contributed by atoms with E-state index in [1.54, 1.807) is 29.7 Å². The van der Waals surface area contributed by atoms with Crippen molar-refractivity contribution < 1.29 is 4.92 Å². The zero-order valence-corrected chi connectivity index (χ0v) is 14.3. The molecule has 2 aromatic heterocycles. The smallest absolute Gasteiger partial charge is 0.271 e. The molecule has 1 aromatic carbocycles. The Hall–Kier alpha value is -2.87. The Morgan fingerprint density at radius 1 is 1.28 bits per heavy atom. The molecule has 0 atom stereocenters. The first kappa shape index (κ1) is 15.6. The van der Waals surface area contributed by atoms with E-state index in [2.05, 4.69) is 20.3 Å². The molecule has 126 valence electrons. The number of nitro groups is 1. The maximum atomic E-state index is 10.9. The molecule has 7 nitrogen and oxygen atoms in total. The van der Waals surface area contributed by atoms with Crippen molar-refractivity contribution in [2.75, 3.05) is 5.32 Å². The maximum Gasteiger partial charge on any atom is 0.271 e. The minimum atomic E-state index is -0.428. The van der Waals surface area contributed by atoms with Crippen molar-refractivity contribution in [3.05, 3.63) is 57.3 Å². The molecule has 1 N–H and O–H groups in total. The number of nitrogens with zero attached hydrogens (tertiary/aromatic N) is 4. The number of non-ortho nitro benzene ring substituents is 1. The van der Waals surface area contributed by atoms with E-state index in [0.29, 0.717) is 17.6 Å². The summed E-state index contributed by atoms with van der Waals surface area (Å²) < 4.78 is 0. The largest absolute Gasteiger partial charge is 0.324 e. The topological polar surface area (TPSA) is 93.8 Å². The zero-order chi connectivity index (χ0) is 17.4. The van der Waals surface area contributed by atoms with Gasteiger partial charge in [0.05, 0.1) is 26.2 Å². The Morgan fingerprint density at radius 3 is 2.88 bits per heavy atom. The van der Waals surface area contributed by atoms with Crippen LogP contribution in [-0.2, 0) is 0 Å². The number of hydrogen-bond acceptors (Lipinski definition) is 7. The fourth-order valence-electron chi connectivity index (χ4n) is 2.53. The zero-order valence-electron chi connectivity index (χ0n) is 13.5. The quantitative estimate of drug-likeness (QED) is 0.538. The highest BCUT2D eigenvalue weighted by Gasteiger charge is 2.28. The van der Waals surface area contributed by atoms with Crippen molar-refractivity contribution in [2.45, 2.75) is 25.7 Å². The molecular formula is C17H15N5O2S. The van der Waals surface area contributed by atoms with E-state index in [1.165, 1.54) is 30.0 Å². The van der Waals surface area contributed by atoms with Crippen molar-refractivity contribution in [3.63, 3.8) is 0 Å². The molecule has 0 saturated heterocycles. The predicted molar refractivity (Wildman–Crippen MR) is 96.2 cm³/mol. The molecule has 0 aliphatic heterocycles. The number of anilines is 2. The Labute approximate surface area is 148 Å². The van der Waals surface area contributed by atoms with Gasteiger partial charge in [-0.1, -0.05) is 6.07 Å². The summed E-state index contributed by atoms with van der Waals surface area (Å²) in [6.07, 6.45) is 4.11. The first-order valence-electron chi connectivity index (χ1n) is 7.92. The summed E-state index contributed by atoms with van der Waals surface area (Å²) in [6, 6.07) is 8.13. The van der Waals surface area contributed by atoms with Crippen LogP contribution >= 0.6 is 11.3 Å². The lowest BCUT2D eigenvalue weighted by molar-refractivity contribution is -0.384.